The second-order valence-corrected chi connectivity index (χ2v) is 1.48. The molecule has 0 N–H and O–H groups in total. The Hall–Kier alpha value is 0.472. The van der Waals surface area contributed by atoms with E-state index in [1.165, 1.54) is 0 Å². The molecule has 0 rings (SSSR count). The van der Waals surface area contributed by atoms with Gasteiger partial charge in [-0.15, -0.1) is 0 Å². The maximum absolute atomic E-state index is 9.75. The minimum Gasteiger partial charge on any atom is -0.418 e. The molecule has 101 valence electrons. The van der Waals surface area contributed by atoms with Crippen molar-refractivity contribution in [1.29, 1.82) is 0 Å². The molecule has 0 atom stereocenters. The van der Waals surface area contributed by atoms with E-state index >= 15 is 0 Å². The Labute approximate surface area is 110 Å². The molecule has 0 bridgehead atoms. The van der Waals surface area contributed by atoms with Crippen LogP contribution < -0.4 is 18.9 Å². The van der Waals surface area contributed by atoms with E-state index in [9.17, 15) is 51.8 Å². The van der Waals surface area contributed by atoms with Crippen molar-refractivity contribution < 1.29 is 87.7 Å². The fourth-order valence-corrected chi connectivity index (χ4v) is 0. The second kappa shape index (κ2) is 11.6. The third-order valence-corrected chi connectivity index (χ3v) is 0. The standard InChI is InChI=1S/3BF4.Li.Mn/c3*2-1(3,4)5;;/q3*-1;+1;+2. The van der Waals surface area contributed by atoms with E-state index in [1.807, 2.05) is 0 Å². The van der Waals surface area contributed by atoms with Gasteiger partial charge in [-0.1, -0.05) is 0 Å². The van der Waals surface area contributed by atoms with E-state index in [-0.39, 0.29) is 35.9 Å². The van der Waals surface area contributed by atoms with Gasteiger partial charge in [0.15, 0.2) is 0 Å². The third-order valence-electron chi connectivity index (χ3n) is 0. The van der Waals surface area contributed by atoms with Crippen LogP contribution >= 0.6 is 0 Å². The van der Waals surface area contributed by atoms with E-state index in [0.717, 1.165) is 0 Å². The fraction of sp³-hybridized carbons (Fsp3) is 0. The van der Waals surface area contributed by atoms with Crippen LogP contribution in [0.3, 0.4) is 0 Å². The molecule has 0 saturated heterocycles. The molecule has 17 heteroatoms. The molecule has 0 aromatic carbocycles. The largest absolute Gasteiger partial charge is 2.00 e. The van der Waals surface area contributed by atoms with Crippen LogP contribution in [0.2, 0.25) is 0 Å². The van der Waals surface area contributed by atoms with Crippen molar-refractivity contribution in [2.45, 2.75) is 0 Å². The summed E-state index contributed by atoms with van der Waals surface area (Å²) in [5, 5.41) is 0. The van der Waals surface area contributed by atoms with Crippen molar-refractivity contribution in [1.82, 2.24) is 0 Å². The van der Waals surface area contributed by atoms with E-state index in [0.29, 0.717) is 0 Å². The fourth-order valence-electron chi connectivity index (χ4n) is 0. The van der Waals surface area contributed by atoms with Gasteiger partial charge in [-0.3, -0.25) is 0 Å². The van der Waals surface area contributed by atoms with Crippen LogP contribution in [-0.4, -0.2) is 21.8 Å². The molecule has 0 nitrogen and oxygen atoms in total. The summed E-state index contributed by atoms with van der Waals surface area (Å²) in [6.45, 7) is 0. The molecule has 0 aromatic heterocycles. The van der Waals surface area contributed by atoms with Gasteiger partial charge in [0.05, 0.1) is 0 Å². The minimum absolute atomic E-state index is 0. The van der Waals surface area contributed by atoms with Gasteiger partial charge in [-0.05, 0) is 0 Å². The van der Waals surface area contributed by atoms with E-state index in [1.54, 1.807) is 0 Å². The van der Waals surface area contributed by atoms with Gasteiger partial charge in [-0.25, -0.2) is 0 Å². The summed E-state index contributed by atoms with van der Waals surface area (Å²) in [6.07, 6.45) is 0. The molecule has 0 aliphatic rings. The van der Waals surface area contributed by atoms with Crippen LogP contribution in [0.15, 0.2) is 0 Å². The maximum atomic E-state index is 9.75. The molecule has 0 amide bonds. The van der Waals surface area contributed by atoms with Gasteiger partial charge in [0, 0.05) is 0 Å². The first kappa shape index (κ1) is 30.5. The number of hydrogen-bond acceptors (Lipinski definition) is 0. The van der Waals surface area contributed by atoms with Crippen molar-refractivity contribution in [2.24, 2.45) is 0 Å². The molecule has 1 radical (unpaired) electrons. The Kier molecular flexibility index (Phi) is 20.7. The quantitative estimate of drug-likeness (QED) is 0.459. The zero-order chi connectivity index (χ0) is 13.5. The first-order valence-corrected chi connectivity index (χ1v) is 2.62. The van der Waals surface area contributed by atoms with Gasteiger partial charge in [-0.2, -0.15) is 0 Å². The van der Waals surface area contributed by atoms with Crippen LogP contribution in [0.4, 0.5) is 51.8 Å². The normalized spacial score (nSPS) is 10.6. The maximum Gasteiger partial charge on any atom is 2.00 e. The Morgan fingerprint density at radius 1 is 0.353 bits per heavy atom. The van der Waals surface area contributed by atoms with E-state index < -0.39 is 21.8 Å². The monoisotopic (exact) mass is 323 g/mol. The van der Waals surface area contributed by atoms with Crippen molar-refractivity contribution in [3.8, 4) is 0 Å². The summed E-state index contributed by atoms with van der Waals surface area (Å²) in [7, 11) is -18.0. The Bertz CT molecular complexity index is 96.8. The molecule has 0 unspecified atom stereocenters. The summed E-state index contributed by atoms with van der Waals surface area (Å²) in [5.74, 6) is 0. The molecule has 0 fully saturated rings. The predicted octanol–water partition coefficient (Wildman–Crippen LogP) is 0.901. The van der Waals surface area contributed by atoms with Crippen molar-refractivity contribution in [3.05, 3.63) is 0 Å². The van der Waals surface area contributed by atoms with Crippen molar-refractivity contribution >= 4 is 21.8 Å². The SMILES string of the molecule is F[B-](F)(F)F.F[B-](F)(F)F.F[B-](F)(F)F.[Li+].[Mn+2]. The van der Waals surface area contributed by atoms with Crippen LogP contribution in [-0.2, 0) is 17.1 Å². The van der Waals surface area contributed by atoms with Crippen LogP contribution in [0.25, 0.3) is 0 Å². The minimum atomic E-state index is -6.00. The first-order valence-electron chi connectivity index (χ1n) is 2.62. The van der Waals surface area contributed by atoms with Gasteiger partial charge >= 0.3 is 57.7 Å². The topological polar surface area (TPSA) is 0 Å². The predicted molar refractivity (Wildman–Crippen MR) is 30.6 cm³/mol. The zero-order valence-corrected chi connectivity index (χ0v) is 8.83. The average Bonchev–Trinajstić information content (AvgIpc) is 1.41. The van der Waals surface area contributed by atoms with E-state index in [2.05, 4.69) is 0 Å². The number of hydrogen-bond donors (Lipinski definition) is 0. The smallest absolute Gasteiger partial charge is 0.418 e. The summed E-state index contributed by atoms with van der Waals surface area (Å²) in [6, 6.07) is 0. The average molecular weight is 322 g/mol. The molecule has 0 heterocycles. The molecule has 0 aliphatic carbocycles. The van der Waals surface area contributed by atoms with Crippen LogP contribution in [0, 0.1) is 0 Å². The Morgan fingerprint density at radius 3 is 0.353 bits per heavy atom. The second-order valence-electron chi connectivity index (χ2n) is 1.48. The molecular weight excluding hydrogens is 322 g/mol. The molecule has 0 saturated carbocycles. The first-order chi connectivity index (χ1) is 6.00. The summed E-state index contributed by atoms with van der Waals surface area (Å²) >= 11 is 0. The Morgan fingerprint density at radius 2 is 0.353 bits per heavy atom. The van der Waals surface area contributed by atoms with E-state index in [4.69, 9.17) is 0 Å². The van der Waals surface area contributed by atoms with Gasteiger partial charge in [0.1, 0.15) is 0 Å². The Balaban J connectivity index is -0.0000000400. The van der Waals surface area contributed by atoms with Gasteiger partial charge < -0.3 is 51.8 Å². The number of rotatable bonds is 0. The summed E-state index contributed by atoms with van der Waals surface area (Å²) < 4.78 is 117. The summed E-state index contributed by atoms with van der Waals surface area (Å²) in [4.78, 5) is 0. The summed E-state index contributed by atoms with van der Waals surface area (Å²) in [5.41, 5.74) is 0. The third kappa shape index (κ3) is 15500. The molecule has 17 heavy (non-hydrogen) atoms. The van der Waals surface area contributed by atoms with Gasteiger partial charge in [0.25, 0.3) is 0 Å². The molecular formula is B3F12LiMn. The van der Waals surface area contributed by atoms with Gasteiger partial charge in [0.2, 0.25) is 0 Å². The molecule has 0 aliphatic heterocycles. The van der Waals surface area contributed by atoms with Crippen molar-refractivity contribution in [3.63, 3.8) is 0 Å². The van der Waals surface area contributed by atoms with Crippen LogP contribution in [0.1, 0.15) is 0 Å². The van der Waals surface area contributed by atoms with Crippen molar-refractivity contribution in [2.75, 3.05) is 0 Å². The molecule has 0 aromatic rings. The number of halogens is 12. The van der Waals surface area contributed by atoms with Crippen LogP contribution in [0.5, 0.6) is 0 Å². The molecule has 0 spiro atoms. The zero-order valence-electron chi connectivity index (χ0n) is 7.65.